The van der Waals surface area contributed by atoms with Gasteiger partial charge >= 0.3 is 0 Å². The fourth-order valence-corrected chi connectivity index (χ4v) is 2.64. The van der Waals surface area contributed by atoms with Gasteiger partial charge in [-0.25, -0.2) is 9.97 Å². The zero-order chi connectivity index (χ0) is 18.5. The number of carbonyl (C=O) groups excluding carboxylic acids is 1. The Bertz CT molecular complexity index is 840. The van der Waals surface area contributed by atoms with Crippen LogP contribution < -0.4 is 10.9 Å². The van der Waals surface area contributed by atoms with Crippen molar-refractivity contribution in [2.24, 2.45) is 0 Å². The molecule has 8 nitrogen and oxygen atoms in total. The highest BCUT2D eigenvalue weighted by atomic mass is 16.2. The van der Waals surface area contributed by atoms with Crippen molar-refractivity contribution in [3.8, 4) is 11.3 Å². The van der Waals surface area contributed by atoms with E-state index in [1.165, 1.54) is 6.33 Å². The fourth-order valence-electron chi connectivity index (χ4n) is 2.64. The monoisotopic (exact) mass is 354 g/mol. The lowest BCUT2D eigenvalue weighted by atomic mass is 10.1. The standard InChI is InChI=1S/C18H22N6O2/c1-23(2)7-3-4-17(25)24-10-14(11-24)22-16-8-13(9-20-18(16)26)15-5-6-19-12-21-15/h3-6,8-9,12,14,22H,7,10-11H2,1-2H3,(H,20,26). The van der Waals surface area contributed by atoms with Gasteiger partial charge in [0.2, 0.25) is 5.91 Å². The maximum Gasteiger partial charge on any atom is 0.271 e. The minimum atomic E-state index is -0.196. The summed E-state index contributed by atoms with van der Waals surface area (Å²) >= 11 is 0. The highest BCUT2D eigenvalue weighted by Gasteiger charge is 2.29. The number of rotatable bonds is 6. The molecular weight excluding hydrogens is 332 g/mol. The van der Waals surface area contributed by atoms with Crippen LogP contribution in [0.3, 0.4) is 0 Å². The summed E-state index contributed by atoms with van der Waals surface area (Å²) in [5.41, 5.74) is 1.81. The molecule has 26 heavy (non-hydrogen) atoms. The fraction of sp³-hybridized carbons (Fsp3) is 0.333. The van der Waals surface area contributed by atoms with Gasteiger partial charge in [0.25, 0.3) is 5.56 Å². The maximum absolute atomic E-state index is 12.1. The van der Waals surface area contributed by atoms with Gasteiger partial charge in [-0.1, -0.05) is 6.08 Å². The summed E-state index contributed by atoms with van der Waals surface area (Å²) in [5, 5.41) is 3.20. The number of likely N-dealkylation sites (tertiary alicyclic amines) is 1. The molecule has 136 valence electrons. The normalized spacial score (nSPS) is 14.7. The van der Waals surface area contributed by atoms with Crippen LogP contribution in [0.5, 0.6) is 0 Å². The van der Waals surface area contributed by atoms with Gasteiger partial charge in [0.05, 0.1) is 11.7 Å². The number of likely N-dealkylation sites (N-methyl/N-ethyl adjacent to an activating group) is 1. The van der Waals surface area contributed by atoms with Gasteiger partial charge in [0.15, 0.2) is 0 Å². The van der Waals surface area contributed by atoms with Crippen LogP contribution in [0.15, 0.2) is 47.8 Å². The molecule has 1 aliphatic rings. The third kappa shape index (κ3) is 4.34. The first-order chi connectivity index (χ1) is 12.5. The molecule has 2 N–H and O–H groups in total. The van der Waals surface area contributed by atoms with E-state index in [4.69, 9.17) is 0 Å². The molecule has 2 aromatic heterocycles. The van der Waals surface area contributed by atoms with Crippen molar-refractivity contribution in [2.45, 2.75) is 6.04 Å². The van der Waals surface area contributed by atoms with E-state index in [2.05, 4.69) is 20.3 Å². The lowest BCUT2D eigenvalue weighted by Gasteiger charge is -2.39. The highest BCUT2D eigenvalue weighted by molar-refractivity contribution is 5.88. The number of carbonyl (C=O) groups is 1. The first kappa shape index (κ1) is 17.8. The number of nitrogens with one attached hydrogen (secondary N) is 2. The number of aromatic nitrogens is 3. The quantitative estimate of drug-likeness (QED) is 0.737. The molecule has 0 aliphatic carbocycles. The molecular formula is C18H22N6O2. The summed E-state index contributed by atoms with van der Waals surface area (Å²) in [6.45, 7) is 1.87. The third-order valence-corrected chi connectivity index (χ3v) is 4.06. The van der Waals surface area contributed by atoms with Gasteiger partial charge in [0, 0.05) is 43.7 Å². The average Bonchev–Trinajstić information content (AvgIpc) is 2.59. The Morgan fingerprint density at radius 2 is 2.27 bits per heavy atom. The van der Waals surface area contributed by atoms with Crippen LogP contribution in [-0.4, -0.2) is 70.4 Å². The second kappa shape index (κ2) is 7.92. The third-order valence-electron chi connectivity index (χ3n) is 4.06. The SMILES string of the molecule is CN(C)CC=CC(=O)N1CC(Nc2cc(-c3ccncn3)c[nH]c2=O)C1. The number of nitrogens with zero attached hydrogens (tertiary/aromatic N) is 4. The molecule has 1 fully saturated rings. The summed E-state index contributed by atoms with van der Waals surface area (Å²) in [7, 11) is 3.90. The van der Waals surface area contributed by atoms with Gasteiger partial charge in [-0.2, -0.15) is 0 Å². The van der Waals surface area contributed by atoms with E-state index in [1.54, 1.807) is 35.5 Å². The van der Waals surface area contributed by atoms with E-state index in [0.717, 1.165) is 17.8 Å². The Hall–Kier alpha value is -3.00. The lowest BCUT2D eigenvalue weighted by molar-refractivity contribution is -0.129. The van der Waals surface area contributed by atoms with Gasteiger partial charge in [-0.15, -0.1) is 0 Å². The predicted molar refractivity (Wildman–Crippen MR) is 99.8 cm³/mol. The zero-order valence-electron chi connectivity index (χ0n) is 14.8. The topological polar surface area (TPSA) is 94.2 Å². The molecule has 1 aliphatic heterocycles. The molecule has 0 bridgehead atoms. The second-order valence-corrected chi connectivity index (χ2v) is 6.47. The molecule has 0 radical (unpaired) electrons. The smallest absolute Gasteiger partial charge is 0.271 e. The Kier molecular flexibility index (Phi) is 5.43. The number of hydrogen-bond donors (Lipinski definition) is 2. The maximum atomic E-state index is 12.1. The molecule has 3 rings (SSSR count). The Labute approximate surface area is 151 Å². The molecule has 0 unspecified atom stereocenters. The first-order valence-corrected chi connectivity index (χ1v) is 8.39. The minimum absolute atomic E-state index is 0.00598. The van der Waals surface area contributed by atoms with Gasteiger partial charge in [-0.3, -0.25) is 9.59 Å². The van der Waals surface area contributed by atoms with Crippen LogP contribution in [0.2, 0.25) is 0 Å². The number of H-pyrrole nitrogens is 1. The second-order valence-electron chi connectivity index (χ2n) is 6.47. The summed E-state index contributed by atoms with van der Waals surface area (Å²) in [6.07, 6.45) is 8.19. The molecule has 0 aromatic carbocycles. The van der Waals surface area contributed by atoms with Crippen molar-refractivity contribution >= 4 is 11.6 Å². The molecule has 0 atom stereocenters. The van der Waals surface area contributed by atoms with Crippen molar-refractivity contribution in [3.63, 3.8) is 0 Å². The van der Waals surface area contributed by atoms with Crippen LogP contribution in [-0.2, 0) is 4.79 Å². The van der Waals surface area contributed by atoms with Crippen molar-refractivity contribution < 1.29 is 4.79 Å². The summed E-state index contributed by atoms with van der Waals surface area (Å²) < 4.78 is 0. The number of aromatic amines is 1. The predicted octanol–water partition coefficient (Wildman–Crippen LogP) is 0.572. The molecule has 1 saturated heterocycles. The summed E-state index contributed by atoms with van der Waals surface area (Å²) in [4.78, 5) is 38.6. The first-order valence-electron chi connectivity index (χ1n) is 8.39. The highest BCUT2D eigenvalue weighted by Crippen LogP contribution is 2.19. The average molecular weight is 354 g/mol. The van der Waals surface area contributed by atoms with E-state index < -0.39 is 0 Å². The van der Waals surface area contributed by atoms with Crippen LogP contribution >= 0.6 is 0 Å². The Morgan fingerprint density at radius 3 is 2.96 bits per heavy atom. The molecule has 3 heterocycles. The van der Waals surface area contributed by atoms with E-state index in [9.17, 15) is 9.59 Å². The van der Waals surface area contributed by atoms with E-state index in [0.29, 0.717) is 18.8 Å². The van der Waals surface area contributed by atoms with Gasteiger partial charge < -0.3 is 20.1 Å². The molecule has 1 amide bonds. The van der Waals surface area contributed by atoms with Gasteiger partial charge in [-0.05, 0) is 26.2 Å². The van der Waals surface area contributed by atoms with Crippen molar-refractivity contribution in [2.75, 3.05) is 39.0 Å². The number of hydrogen-bond acceptors (Lipinski definition) is 6. The lowest BCUT2D eigenvalue weighted by Crippen LogP contribution is -2.57. The van der Waals surface area contributed by atoms with Crippen molar-refractivity contribution in [3.05, 3.63) is 53.4 Å². The van der Waals surface area contributed by atoms with Crippen LogP contribution in [0.4, 0.5) is 5.69 Å². The summed E-state index contributed by atoms with van der Waals surface area (Å²) in [6, 6.07) is 3.60. The van der Waals surface area contributed by atoms with Crippen LogP contribution in [0.1, 0.15) is 0 Å². The number of pyridine rings is 1. The largest absolute Gasteiger partial charge is 0.374 e. The van der Waals surface area contributed by atoms with Crippen LogP contribution in [0, 0.1) is 0 Å². The molecule has 0 saturated carbocycles. The minimum Gasteiger partial charge on any atom is -0.374 e. The van der Waals surface area contributed by atoms with E-state index in [1.807, 2.05) is 25.1 Å². The van der Waals surface area contributed by atoms with E-state index in [-0.39, 0.29) is 17.5 Å². The Morgan fingerprint density at radius 1 is 1.46 bits per heavy atom. The number of anilines is 1. The number of amides is 1. The Balaban J connectivity index is 1.59. The molecule has 0 spiro atoms. The van der Waals surface area contributed by atoms with Crippen molar-refractivity contribution in [1.82, 2.24) is 24.8 Å². The molecule has 8 heteroatoms. The van der Waals surface area contributed by atoms with E-state index >= 15 is 0 Å². The van der Waals surface area contributed by atoms with Crippen LogP contribution in [0.25, 0.3) is 11.3 Å². The summed E-state index contributed by atoms with van der Waals surface area (Å²) in [5.74, 6) is -0.00598. The molecule has 2 aromatic rings. The van der Waals surface area contributed by atoms with Crippen molar-refractivity contribution in [1.29, 1.82) is 0 Å². The van der Waals surface area contributed by atoms with Gasteiger partial charge in [0.1, 0.15) is 12.0 Å². The zero-order valence-corrected chi connectivity index (χ0v) is 14.8.